The summed E-state index contributed by atoms with van der Waals surface area (Å²) in [6, 6.07) is 3.98. The summed E-state index contributed by atoms with van der Waals surface area (Å²) in [6.07, 6.45) is -2.16. The van der Waals surface area contributed by atoms with Crippen LogP contribution in [0, 0.1) is 0 Å². The van der Waals surface area contributed by atoms with E-state index >= 15 is 0 Å². The quantitative estimate of drug-likeness (QED) is 0.639. The zero-order chi connectivity index (χ0) is 11.0. The maximum Gasteiger partial charge on any atom is 0.414 e. The molecule has 6 heteroatoms. The van der Waals surface area contributed by atoms with Gasteiger partial charge >= 0.3 is 12.1 Å². The standard InChI is InChI=1S/C9H7NO5/c11-7(12)4-1-2-5-6(3-4)10-9(14)15-8(5)13/h1-3,8,13H,(H,10,14)(H,11,12). The fourth-order valence-electron chi connectivity index (χ4n) is 1.32. The van der Waals surface area contributed by atoms with Crippen LogP contribution in [0.25, 0.3) is 0 Å². The van der Waals surface area contributed by atoms with Crippen LogP contribution in [0.1, 0.15) is 22.2 Å². The van der Waals surface area contributed by atoms with Crippen molar-refractivity contribution < 1.29 is 24.5 Å². The van der Waals surface area contributed by atoms with Crippen LogP contribution in [0.3, 0.4) is 0 Å². The van der Waals surface area contributed by atoms with Crippen LogP contribution in [0.2, 0.25) is 0 Å². The zero-order valence-electron chi connectivity index (χ0n) is 7.43. The van der Waals surface area contributed by atoms with Crippen molar-refractivity contribution in [1.82, 2.24) is 0 Å². The lowest BCUT2D eigenvalue weighted by Gasteiger charge is -2.22. The lowest BCUT2D eigenvalue weighted by molar-refractivity contribution is -0.0523. The summed E-state index contributed by atoms with van der Waals surface area (Å²) in [5.74, 6) is -1.10. The Bertz CT molecular complexity index is 442. The van der Waals surface area contributed by atoms with E-state index in [1.54, 1.807) is 0 Å². The van der Waals surface area contributed by atoms with Gasteiger partial charge in [-0.05, 0) is 18.2 Å². The zero-order valence-corrected chi connectivity index (χ0v) is 7.43. The smallest absolute Gasteiger partial charge is 0.414 e. The number of rotatable bonds is 1. The van der Waals surface area contributed by atoms with Crippen LogP contribution < -0.4 is 5.32 Å². The van der Waals surface area contributed by atoms with Gasteiger partial charge in [0.05, 0.1) is 11.3 Å². The third kappa shape index (κ3) is 1.62. The van der Waals surface area contributed by atoms with E-state index in [0.29, 0.717) is 5.56 Å². The number of nitrogens with one attached hydrogen (secondary N) is 1. The molecule has 78 valence electrons. The summed E-state index contributed by atoms with van der Waals surface area (Å²) >= 11 is 0. The van der Waals surface area contributed by atoms with Crippen LogP contribution >= 0.6 is 0 Å². The Balaban J connectivity index is 2.47. The molecule has 1 atom stereocenters. The predicted molar refractivity (Wildman–Crippen MR) is 48.5 cm³/mol. The molecule has 2 rings (SSSR count). The molecule has 0 spiro atoms. The number of hydrogen-bond acceptors (Lipinski definition) is 4. The van der Waals surface area contributed by atoms with Gasteiger partial charge < -0.3 is 14.9 Å². The van der Waals surface area contributed by atoms with Crippen molar-refractivity contribution in [2.75, 3.05) is 5.32 Å². The molecule has 15 heavy (non-hydrogen) atoms. The molecular weight excluding hydrogens is 202 g/mol. The molecule has 0 aliphatic carbocycles. The molecule has 1 aliphatic rings. The van der Waals surface area contributed by atoms with Crippen molar-refractivity contribution in [1.29, 1.82) is 0 Å². The summed E-state index contributed by atoms with van der Waals surface area (Å²) in [7, 11) is 0. The second-order valence-electron chi connectivity index (χ2n) is 2.99. The number of aliphatic hydroxyl groups is 1. The maximum atomic E-state index is 10.9. The van der Waals surface area contributed by atoms with E-state index in [1.807, 2.05) is 0 Å². The lowest BCUT2D eigenvalue weighted by Crippen LogP contribution is -2.24. The van der Waals surface area contributed by atoms with Gasteiger partial charge in [-0.2, -0.15) is 0 Å². The minimum absolute atomic E-state index is 0.0307. The van der Waals surface area contributed by atoms with Gasteiger partial charge in [0.25, 0.3) is 0 Å². The fraction of sp³-hybridized carbons (Fsp3) is 0.111. The Hall–Kier alpha value is -2.08. The highest BCUT2D eigenvalue weighted by molar-refractivity contribution is 5.93. The van der Waals surface area contributed by atoms with Gasteiger partial charge in [-0.1, -0.05) is 0 Å². The monoisotopic (exact) mass is 209 g/mol. The summed E-state index contributed by atoms with van der Waals surface area (Å²) in [5, 5.41) is 20.3. The summed E-state index contributed by atoms with van der Waals surface area (Å²) < 4.78 is 4.47. The van der Waals surface area contributed by atoms with Crippen molar-refractivity contribution in [3.8, 4) is 0 Å². The number of carboxylic acids is 1. The van der Waals surface area contributed by atoms with E-state index in [9.17, 15) is 14.7 Å². The molecule has 0 radical (unpaired) electrons. The van der Waals surface area contributed by atoms with E-state index in [2.05, 4.69) is 10.1 Å². The number of carbonyl (C=O) groups excluding carboxylic acids is 1. The summed E-state index contributed by atoms with van der Waals surface area (Å²) in [5.41, 5.74) is 0.612. The number of amides is 1. The van der Waals surface area contributed by atoms with Crippen molar-refractivity contribution in [3.63, 3.8) is 0 Å². The topological polar surface area (TPSA) is 95.9 Å². The number of hydrogen-bond donors (Lipinski definition) is 3. The lowest BCUT2D eigenvalue weighted by atomic mass is 10.1. The fourth-order valence-corrected chi connectivity index (χ4v) is 1.32. The molecule has 1 unspecified atom stereocenters. The number of cyclic esters (lactones) is 1. The number of carbonyl (C=O) groups is 2. The first-order valence-electron chi connectivity index (χ1n) is 4.11. The maximum absolute atomic E-state index is 10.9. The first-order valence-corrected chi connectivity index (χ1v) is 4.11. The third-order valence-electron chi connectivity index (χ3n) is 2.02. The van der Waals surface area contributed by atoms with Gasteiger partial charge in [0.2, 0.25) is 6.29 Å². The molecule has 1 aromatic rings. The molecular formula is C9H7NO5. The Morgan fingerprint density at radius 3 is 2.87 bits per heavy atom. The van der Waals surface area contributed by atoms with E-state index < -0.39 is 18.4 Å². The largest absolute Gasteiger partial charge is 0.478 e. The average Bonchev–Trinajstić information content (AvgIpc) is 2.16. The van der Waals surface area contributed by atoms with Gasteiger partial charge in [0.1, 0.15) is 0 Å². The van der Waals surface area contributed by atoms with Gasteiger partial charge in [-0.15, -0.1) is 0 Å². The molecule has 1 amide bonds. The molecule has 1 aliphatic heterocycles. The molecule has 0 saturated carbocycles. The molecule has 1 aromatic carbocycles. The van der Waals surface area contributed by atoms with Gasteiger partial charge in [-0.25, -0.2) is 9.59 Å². The first-order chi connectivity index (χ1) is 7.08. The molecule has 0 saturated heterocycles. The summed E-state index contributed by atoms with van der Waals surface area (Å²) in [4.78, 5) is 21.5. The second-order valence-corrected chi connectivity index (χ2v) is 2.99. The minimum atomic E-state index is -1.35. The number of aliphatic hydroxyl groups excluding tert-OH is 1. The number of anilines is 1. The summed E-state index contributed by atoms with van der Waals surface area (Å²) in [6.45, 7) is 0. The number of ether oxygens (including phenoxy) is 1. The van der Waals surface area contributed by atoms with E-state index in [1.165, 1.54) is 18.2 Å². The predicted octanol–water partition coefficient (Wildman–Crippen LogP) is 0.938. The van der Waals surface area contributed by atoms with Crippen molar-refractivity contribution >= 4 is 17.7 Å². The molecule has 0 bridgehead atoms. The number of benzene rings is 1. The molecule has 0 fully saturated rings. The average molecular weight is 209 g/mol. The minimum Gasteiger partial charge on any atom is -0.478 e. The van der Waals surface area contributed by atoms with Crippen molar-refractivity contribution in [3.05, 3.63) is 29.3 Å². The van der Waals surface area contributed by atoms with Gasteiger partial charge in [-0.3, -0.25) is 5.32 Å². The molecule has 3 N–H and O–H groups in total. The third-order valence-corrected chi connectivity index (χ3v) is 2.02. The van der Waals surface area contributed by atoms with Gasteiger partial charge in [0, 0.05) is 5.56 Å². The first kappa shape index (κ1) is 9.47. The van der Waals surface area contributed by atoms with Crippen LogP contribution in [0.4, 0.5) is 10.5 Å². The molecule has 0 aromatic heterocycles. The highest BCUT2D eigenvalue weighted by atomic mass is 16.6. The van der Waals surface area contributed by atoms with Crippen molar-refractivity contribution in [2.24, 2.45) is 0 Å². The molecule has 6 nitrogen and oxygen atoms in total. The Morgan fingerprint density at radius 2 is 2.20 bits per heavy atom. The second kappa shape index (κ2) is 3.25. The SMILES string of the molecule is O=C1Nc2cc(C(=O)O)ccc2C(O)O1. The van der Waals surface area contributed by atoms with Crippen LogP contribution in [0.5, 0.6) is 0 Å². The Labute approximate surface area is 84.1 Å². The van der Waals surface area contributed by atoms with Crippen LogP contribution in [-0.4, -0.2) is 22.3 Å². The highest BCUT2D eigenvalue weighted by Gasteiger charge is 2.24. The highest BCUT2D eigenvalue weighted by Crippen LogP contribution is 2.29. The molecule has 1 heterocycles. The number of aromatic carboxylic acids is 1. The Kier molecular flexibility index (Phi) is 2.05. The number of carboxylic acid groups (broad SMARTS) is 1. The normalized spacial score (nSPS) is 18.7. The Morgan fingerprint density at radius 1 is 1.47 bits per heavy atom. The van der Waals surface area contributed by atoms with E-state index in [0.717, 1.165) is 0 Å². The number of fused-ring (bicyclic) bond motifs is 1. The van der Waals surface area contributed by atoms with E-state index in [4.69, 9.17) is 5.11 Å². The van der Waals surface area contributed by atoms with Crippen molar-refractivity contribution in [2.45, 2.75) is 6.29 Å². The van der Waals surface area contributed by atoms with E-state index in [-0.39, 0.29) is 11.3 Å². The van der Waals surface area contributed by atoms with Crippen LogP contribution in [0.15, 0.2) is 18.2 Å². The van der Waals surface area contributed by atoms with Crippen LogP contribution in [-0.2, 0) is 4.74 Å². The van der Waals surface area contributed by atoms with Gasteiger partial charge in [0.15, 0.2) is 0 Å².